The lowest BCUT2D eigenvalue weighted by Gasteiger charge is -2.22. The SMILES string of the molecule is COc1ccc([C@H]2CC(c3cccs3)=NN2C(=O)CSc2nnc(CNC(=O)c3ccc([N+](=O)[O-])cc3)n2Cc2ccccc2)cc1. The molecule has 3 heterocycles. The van der Waals surface area contributed by atoms with E-state index in [1.165, 1.54) is 36.0 Å². The van der Waals surface area contributed by atoms with E-state index in [0.717, 1.165) is 27.5 Å². The molecule has 0 saturated heterocycles. The molecule has 0 bridgehead atoms. The second-order valence-corrected chi connectivity index (χ2v) is 12.4. The molecular formula is C33H29N7O5S2. The molecule has 0 unspecified atom stereocenters. The molecule has 1 aliphatic rings. The first-order valence-electron chi connectivity index (χ1n) is 14.6. The van der Waals surface area contributed by atoms with Gasteiger partial charge in [-0.1, -0.05) is 60.3 Å². The number of hydrogen-bond acceptors (Lipinski definition) is 10. The molecule has 1 aliphatic heterocycles. The van der Waals surface area contributed by atoms with Crippen molar-refractivity contribution in [3.05, 3.63) is 134 Å². The second-order valence-electron chi connectivity index (χ2n) is 10.5. The number of rotatable bonds is 12. The Kier molecular flexibility index (Phi) is 9.69. The highest BCUT2D eigenvalue weighted by atomic mass is 32.2. The molecule has 0 aliphatic carbocycles. The quantitative estimate of drug-likeness (QED) is 0.101. The highest BCUT2D eigenvalue weighted by Crippen LogP contribution is 2.35. The topological polar surface area (TPSA) is 145 Å². The highest BCUT2D eigenvalue weighted by Gasteiger charge is 2.33. The summed E-state index contributed by atoms with van der Waals surface area (Å²) in [5, 5.41) is 31.3. The van der Waals surface area contributed by atoms with Crippen molar-refractivity contribution in [3.8, 4) is 5.75 Å². The Morgan fingerprint density at radius 2 is 1.79 bits per heavy atom. The van der Waals surface area contributed by atoms with Gasteiger partial charge in [0.25, 0.3) is 17.5 Å². The van der Waals surface area contributed by atoms with Crippen LogP contribution in [0.25, 0.3) is 0 Å². The van der Waals surface area contributed by atoms with E-state index in [1.54, 1.807) is 23.5 Å². The molecule has 3 aromatic carbocycles. The van der Waals surface area contributed by atoms with Crippen molar-refractivity contribution in [2.45, 2.75) is 30.7 Å². The Hall–Kier alpha value is -5.34. The number of nitro benzene ring substituents is 1. The zero-order valence-corrected chi connectivity index (χ0v) is 26.8. The average Bonchev–Trinajstić information content (AvgIpc) is 3.88. The van der Waals surface area contributed by atoms with Crippen LogP contribution >= 0.6 is 23.1 Å². The minimum atomic E-state index is -0.518. The number of nitrogens with one attached hydrogen (secondary N) is 1. The van der Waals surface area contributed by atoms with E-state index < -0.39 is 10.8 Å². The van der Waals surface area contributed by atoms with Crippen LogP contribution in [-0.2, 0) is 17.9 Å². The predicted octanol–water partition coefficient (Wildman–Crippen LogP) is 5.70. The molecule has 1 N–H and O–H groups in total. The average molecular weight is 668 g/mol. The third-order valence-electron chi connectivity index (χ3n) is 7.52. The number of benzene rings is 3. The Balaban J connectivity index is 1.20. The predicted molar refractivity (Wildman–Crippen MR) is 179 cm³/mol. The third kappa shape index (κ3) is 7.39. The molecule has 1 atom stereocenters. The van der Waals surface area contributed by atoms with E-state index in [1.807, 2.05) is 76.7 Å². The van der Waals surface area contributed by atoms with E-state index >= 15 is 0 Å². The van der Waals surface area contributed by atoms with Crippen molar-refractivity contribution in [1.29, 1.82) is 0 Å². The molecule has 47 heavy (non-hydrogen) atoms. The molecular weight excluding hydrogens is 639 g/mol. The summed E-state index contributed by atoms with van der Waals surface area (Å²) >= 11 is 2.84. The minimum absolute atomic E-state index is 0.0598. The van der Waals surface area contributed by atoms with Gasteiger partial charge in [-0.05, 0) is 46.8 Å². The number of hydrazone groups is 1. The first-order chi connectivity index (χ1) is 22.9. The van der Waals surface area contributed by atoms with E-state index in [2.05, 4.69) is 15.5 Å². The number of ether oxygens (including phenoxy) is 1. The number of thioether (sulfide) groups is 1. The van der Waals surface area contributed by atoms with Gasteiger partial charge in [-0.2, -0.15) is 5.10 Å². The first-order valence-corrected chi connectivity index (χ1v) is 16.4. The normalized spacial score (nSPS) is 14.1. The zero-order chi connectivity index (χ0) is 32.8. The van der Waals surface area contributed by atoms with Crippen LogP contribution in [0.4, 0.5) is 5.69 Å². The van der Waals surface area contributed by atoms with Gasteiger partial charge in [0.2, 0.25) is 0 Å². The molecule has 2 aromatic heterocycles. The van der Waals surface area contributed by atoms with E-state index in [9.17, 15) is 19.7 Å². The van der Waals surface area contributed by atoms with Crippen LogP contribution in [0.2, 0.25) is 0 Å². The van der Waals surface area contributed by atoms with Crippen LogP contribution in [-0.4, -0.2) is 55.1 Å². The lowest BCUT2D eigenvalue weighted by Crippen LogP contribution is -2.28. The molecule has 0 radical (unpaired) electrons. The molecule has 0 spiro atoms. The summed E-state index contributed by atoms with van der Waals surface area (Å²) in [7, 11) is 1.62. The first kappa shape index (κ1) is 31.6. The van der Waals surface area contributed by atoms with Gasteiger partial charge in [0.05, 0.1) is 47.5 Å². The number of aromatic nitrogens is 3. The van der Waals surface area contributed by atoms with Crippen LogP contribution < -0.4 is 10.1 Å². The highest BCUT2D eigenvalue weighted by molar-refractivity contribution is 7.99. The summed E-state index contributed by atoms with van der Waals surface area (Å²) in [5.74, 6) is 0.711. The number of non-ortho nitro benzene ring substituents is 1. The molecule has 6 rings (SSSR count). The molecule has 0 saturated carbocycles. The largest absolute Gasteiger partial charge is 0.497 e. The summed E-state index contributed by atoms with van der Waals surface area (Å²) < 4.78 is 7.19. The second kappa shape index (κ2) is 14.4. The molecule has 2 amide bonds. The van der Waals surface area contributed by atoms with Gasteiger partial charge in [-0.25, -0.2) is 5.01 Å². The van der Waals surface area contributed by atoms with Gasteiger partial charge < -0.3 is 14.6 Å². The van der Waals surface area contributed by atoms with Gasteiger partial charge in [-0.3, -0.25) is 19.7 Å². The summed E-state index contributed by atoms with van der Waals surface area (Å²) in [5.41, 5.74) is 2.99. The standard InChI is InChI=1S/C33H29N7O5S2/c1-45-26-15-11-23(12-16-26)28-18-27(29-8-5-17-46-29)37-39(28)31(41)21-47-33-36-35-30(38(33)20-22-6-3-2-4-7-22)19-34-32(42)24-9-13-25(14-10-24)40(43)44/h2-17,28H,18-21H2,1H3,(H,34,42)/t28-/m1/s1. The van der Waals surface area contributed by atoms with Crippen LogP contribution in [0.15, 0.2) is 107 Å². The Morgan fingerprint density at radius 1 is 1.02 bits per heavy atom. The maximum absolute atomic E-state index is 13.8. The maximum atomic E-state index is 13.8. The minimum Gasteiger partial charge on any atom is -0.497 e. The summed E-state index contributed by atoms with van der Waals surface area (Å²) in [6.45, 7) is 0.482. The van der Waals surface area contributed by atoms with E-state index in [0.29, 0.717) is 23.9 Å². The number of carbonyl (C=O) groups is 2. The van der Waals surface area contributed by atoms with Crippen LogP contribution in [0.5, 0.6) is 5.75 Å². The van der Waals surface area contributed by atoms with Gasteiger partial charge in [0.15, 0.2) is 11.0 Å². The van der Waals surface area contributed by atoms with Crippen LogP contribution in [0.1, 0.15) is 44.6 Å². The van der Waals surface area contributed by atoms with E-state index in [4.69, 9.17) is 9.84 Å². The maximum Gasteiger partial charge on any atom is 0.269 e. The number of nitrogens with zero attached hydrogens (tertiary/aromatic N) is 6. The monoisotopic (exact) mass is 667 g/mol. The summed E-state index contributed by atoms with van der Waals surface area (Å²) in [6.07, 6.45) is 0.589. The molecule has 0 fully saturated rings. The number of amides is 2. The number of methoxy groups -OCH3 is 1. The molecule has 238 valence electrons. The number of carbonyl (C=O) groups excluding carboxylic acids is 2. The fourth-order valence-electron chi connectivity index (χ4n) is 5.09. The fourth-order valence-corrected chi connectivity index (χ4v) is 6.62. The Bertz CT molecular complexity index is 1890. The van der Waals surface area contributed by atoms with Gasteiger partial charge in [-0.15, -0.1) is 21.5 Å². The molecule has 5 aromatic rings. The van der Waals surface area contributed by atoms with Gasteiger partial charge >= 0.3 is 0 Å². The summed E-state index contributed by atoms with van der Waals surface area (Å²) in [6, 6.07) is 26.5. The van der Waals surface area contributed by atoms with Crippen LogP contribution in [0.3, 0.4) is 0 Å². The molecule has 12 nitrogen and oxygen atoms in total. The third-order valence-corrected chi connectivity index (χ3v) is 9.39. The number of hydrogen-bond donors (Lipinski definition) is 1. The number of thiophene rings is 1. The van der Waals surface area contributed by atoms with Crippen molar-refractivity contribution < 1.29 is 19.2 Å². The summed E-state index contributed by atoms with van der Waals surface area (Å²) in [4.78, 5) is 38.1. The fraction of sp³-hybridized carbons (Fsp3) is 0.182. The molecule has 14 heteroatoms. The van der Waals surface area contributed by atoms with Crippen molar-refractivity contribution >= 4 is 46.3 Å². The Morgan fingerprint density at radius 3 is 2.47 bits per heavy atom. The smallest absolute Gasteiger partial charge is 0.269 e. The van der Waals surface area contributed by atoms with Crippen molar-refractivity contribution in [1.82, 2.24) is 25.1 Å². The van der Waals surface area contributed by atoms with Gasteiger partial charge in [0.1, 0.15) is 5.75 Å². The van der Waals surface area contributed by atoms with Crippen molar-refractivity contribution in [2.75, 3.05) is 12.9 Å². The zero-order valence-electron chi connectivity index (χ0n) is 25.2. The van der Waals surface area contributed by atoms with Crippen molar-refractivity contribution in [2.24, 2.45) is 5.10 Å². The Labute approximate surface area is 278 Å². The van der Waals surface area contributed by atoms with E-state index in [-0.39, 0.29) is 35.5 Å². The lowest BCUT2D eigenvalue weighted by molar-refractivity contribution is -0.384. The number of nitro groups is 1. The van der Waals surface area contributed by atoms with Crippen molar-refractivity contribution in [3.63, 3.8) is 0 Å². The van der Waals surface area contributed by atoms with Crippen LogP contribution in [0, 0.1) is 10.1 Å². The van der Waals surface area contributed by atoms with Gasteiger partial charge in [0, 0.05) is 24.1 Å². The lowest BCUT2D eigenvalue weighted by atomic mass is 10.0.